The molecule has 2 aliphatic heterocycles. The van der Waals surface area contributed by atoms with Crippen LogP contribution in [0.3, 0.4) is 0 Å². The molecule has 8 heteroatoms. The molecular formula is C21H24N2O4S2. The molecule has 1 atom stereocenters. The summed E-state index contributed by atoms with van der Waals surface area (Å²) in [7, 11) is -7.23. The quantitative estimate of drug-likeness (QED) is 0.696. The molecule has 6 nitrogen and oxygen atoms in total. The Balaban J connectivity index is 1.54. The Morgan fingerprint density at radius 2 is 1.31 bits per heavy atom. The van der Waals surface area contributed by atoms with E-state index in [0.29, 0.717) is 6.42 Å². The monoisotopic (exact) mass is 432 g/mol. The number of benzene rings is 2. The second-order valence-corrected chi connectivity index (χ2v) is 11.5. The Labute approximate surface area is 172 Å². The topological polar surface area (TPSA) is 74.8 Å². The molecular weight excluding hydrogens is 408 g/mol. The molecule has 0 aromatic heterocycles. The molecule has 0 N–H and O–H groups in total. The highest BCUT2D eigenvalue weighted by molar-refractivity contribution is 7.89. The molecule has 2 aliphatic rings. The van der Waals surface area contributed by atoms with Gasteiger partial charge in [0.1, 0.15) is 0 Å². The fraction of sp³-hybridized carbons (Fsp3) is 0.333. The molecule has 1 unspecified atom stereocenters. The van der Waals surface area contributed by atoms with Gasteiger partial charge >= 0.3 is 0 Å². The van der Waals surface area contributed by atoms with Crippen molar-refractivity contribution in [2.45, 2.75) is 36.1 Å². The Kier molecular flexibility index (Phi) is 5.14. The van der Waals surface area contributed by atoms with Crippen LogP contribution in [0.25, 0.3) is 0 Å². The van der Waals surface area contributed by atoms with E-state index in [1.165, 1.54) is 8.61 Å². The van der Waals surface area contributed by atoms with Gasteiger partial charge < -0.3 is 0 Å². The summed E-state index contributed by atoms with van der Waals surface area (Å²) < 4.78 is 55.1. The Morgan fingerprint density at radius 3 is 1.86 bits per heavy atom. The van der Waals surface area contributed by atoms with Gasteiger partial charge in [0.15, 0.2) is 0 Å². The number of sulfonamides is 2. The highest BCUT2D eigenvalue weighted by Gasteiger charge is 2.41. The lowest BCUT2D eigenvalue weighted by Crippen LogP contribution is -2.47. The first-order valence-electron chi connectivity index (χ1n) is 9.54. The Bertz CT molecular complexity index is 1150. The van der Waals surface area contributed by atoms with Crippen LogP contribution in [0.2, 0.25) is 0 Å². The highest BCUT2D eigenvalue weighted by Crippen LogP contribution is 2.33. The van der Waals surface area contributed by atoms with Crippen LogP contribution in [0.4, 0.5) is 0 Å². The van der Waals surface area contributed by atoms with E-state index in [0.717, 1.165) is 16.7 Å². The van der Waals surface area contributed by atoms with Gasteiger partial charge in [-0.05, 0) is 50.1 Å². The smallest absolute Gasteiger partial charge is 0.207 e. The third-order valence-corrected chi connectivity index (χ3v) is 9.35. The molecule has 29 heavy (non-hydrogen) atoms. The minimum Gasteiger partial charge on any atom is -0.207 e. The van der Waals surface area contributed by atoms with Crippen LogP contribution < -0.4 is 0 Å². The molecule has 0 amide bonds. The normalized spacial score (nSPS) is 21.0. The molecule has 1 fully saturated rings. The maximum atomic E-state index is 13.1. The summed E-state index contributed by atoms with van der Waals surface area (Å²) in [6.45, 7) is 4.61. The van der Waals surface area contributed by atoms with Crippen molar-refractivity contribution in [3.63, 3.8) is 0 Å². The molecule has 2 aromatic rings. The first kappa shape index (κ1) is 20.3. The predicted molar refractivity (Wildman–Crippen MR) is 111 cm³/mol. The third-order valence-electron chi connectivity index (χ3n) is 5.61. The number of rotatable bonds is 4. The minimum absolute atomic E-state index is 0.223. The Morgan fingerprint density at radius 1 is 0.793 bits per heavy atom. The van der Waals surface area contributed by atoms with Gasteiger partial charge in [0.05, 0.1) is 9.79 Å². The van der Waals surface area contributed by atoms with E-state index >= 15 is 0 Å². The lowest BCUT2D eigenvalue weighted by atomic mass is 10.0. The first-order chi connectivity index (χ1) is 13.7. The maximum Gasteiger partial charge on any atom is 0.243 e. The zero-order chi connectivity index (χ0) is 20.8. The van der Waals surface area contributed by atoms with Crippen LogP contribution in [0, 0.1) is 13.8 Å². The van der Waals surface area contributed by atoms with E-state index in [4.69, 9.17) is 0 Å². The van der Waals surface area contributed by atoms with Crippen LogP contribution in [-0.2, 0) is 20.0 Å². The molecule has 0 saturated carbocycles. The van der Waals surface area contributed by atoms with Crippen molar-refractivity contribution >= 4 is 20.0 Å². The average molecular weight is 433 g/mol. The van der Waals surface area contributed by atoms with Crippen molar-refractivity contribution in [3.05, 3.63) is 71.3 Å². The summed E-state index contributed by atoms with van der Waals surface area (Å²) in [5.74, 6) is 0. The summed E-state index contributed by atoms with van der Waals surface area (Å²) >= 11 is 0. The number of hydrogen-bond donors (Lipinski definition) is 0. The summed E-state index contributed by atoms with van der Waals surface area (Å²) in [5.41, 5.74) is 2.85. The number of fused-ring (bicyclic) bond motifs is 1. The molecule has 0 bridgehead atoms. The van der Waals surface area contributed by atoms with Gasteiger partial charge in [-0.2, -0.15) is 8.61 Å². The van der Waals surface area contributed by atoms with Gasteiger partial charge in [-0.25, -0.2) is 16.8 Å². The average Bonchev–Trinajstić information content (AvgIpc) is 3.13. The molecule has 154 valence electrons. The summed E-state index contributed by atoms with van der Waals surface area (Å²) in [6, 6.07) is 13.3. The summed E-state index contributed by atoms with van der Waals surface area (Å²) in [6.07, 6.45) is 2.30. The second kappa shape index (κ2) is 7.36. The lowest BCUT2D eigenvalue weighted by Gasteiger charge is -2.35. The molecule has 1 saturated heterocycles. The first-order valence-corrected chi connectivity index (χ1v) is 12.4. The molecule has 2 heterocycles. The fourth-order valence-electron chi connectivity index (χ4n) is 3.88. The van der Waals surface area contributed by atoms with Gasteiger partial charge in [0.2, 0.25) is 20.0 Å². The molecule has 0 spiro atoms. The molecule has 4 rings (SSSR count). The number of aryl methyl sites for hydroxylation is 2. The standard InChI is InChI=1S/C21H24N2O4S2/c1-16-3-7-19(8-4-16)28(24,25)22-13-12-21-18(15-22)11-14-23(21)29(26,27)20-9-5-17(2)6-10-20/h3-11,21H,12-15H2,1-2H3. The van der Waals surface area contributed by atoms with Crippen LogP contribution in [0.1, 0.15) is 17.5 Å². The number of nitrogens with zero attached hydrogens (tertiary/aromatic N) is 2. The van der Waals surface area contributed by atoms with Gasteiger partial charge in [-0.3, -0.25) is 0 Å². The summed E-state index contributed by atoms with van der Waals surface area (Å²) in [4.78, 5) is 0.539. The Hall–Kier alpha value is -2.00. The number of hydrogen-bond acceptors (Lipinski definition) is 4. The van der Waals surface area contributed by atoms with Crippen molar-refractivity contribution in [2.75, 3.05) is 19.6 Å². The predicted octanol–water partition coefficient (Wildman–Crippen LogP) is 2.70. The van der Waals surface area contributed by atoms with E-state index in [1.807, 2.05) is 19.9 Å². The summed E-state index contributed by atoms with van der Waals surface area (Å²) in [5, 5.41) is 0. The van der Waals surface area contributed by atoms with E-state index in [1.54, 1.807) is 48.5 Å². The number of piperidine rings is 1. The molecule has 0 aliphatic carbocycles. The van der Waals surface area contributed by atoms with Crippen molar-refractivity contribution in [1.29, 1.82) is 0 Å². The van der Waals surface area contributed by atoms with Crippen LogP contribution >= 0.6 is 0 Å². The lowest BCUT2D eigenvalue weighted by molar-refractivity contribution is 0.303. The zero-order valence-electron chi connectivity index (χ0n) is 16.4. The minimum atomic E-state index is -3.62. The van der Waals surface area contributed by atoms with Crippen LogP contribution in [-0.4, -0.2) is 51.1 Å². The van der Waals surface area contributed by atoms with E-state index in [9.17, 15) is 16.8 Å². The van der Waals surface area contributed by atoms with Gasteiger partial charge in [-0.15, -0.1) is 0 Å². The van der Waals surface area contributed by atoms with E-state index in [2.05, 4.69) is 0 Å². The maximum absolute atomic E-state index is 13.1. The van der Waals surface area contributed by atoms with Gasteiger partial charge in [-0.1, -0.05) is 41.5 Å². The SMILES string of the molecule is Cc1ccc(S(=O)(=O)N2CCC3C(=CCN3S(=O)(=O)c3ccc(C)cc3)C2)cc1. The van der Waals surface area contributed by atoms with Crippen LogP contribution in [0.15, 0.2) is 70.0 Å². The van der Waals surface area contributed by atoms with Crippen molar-refractivity contribution < 1.29 is 16.8 Å². The van der Waals surface area contributed by atoms with Gasteiger partial charge in [0.25, 0.3) is 0 Å². The zero-order valence-corrected chi connectivity index (χ0v) is 18.1. The van der Waals surface area contributed by atoms with E-state index in [-0.39, 0.29) is 35.5 Å². The van der Waals surface area contributed by atoms with E-state index < -0.39 is 20.0 Å². The second-order valence-electron chi connectivity index (χ2n) is 7.62. The van der Waals surface area contributed by atoms with Crippen molar-refractivity contribution in [2.24, 2.45) is 0 Å². The molecule has 2 aromatic carbocycles. The van der Waals surface area contributed by atoms with Crippen molar-refractivity contribution in [1.82, 2.24) is 8.61 Å². The fourth-order valence-corrected chi connectivity index (χ4v) is 6.92. The third kappa shape index (κ3) is 3.66. The van der Waals surface area contributed by atoms with Gasteiger partial charge in [0, 0.05) is 25.7 Å². The highest BCUT2D eigenvalue weighted by atomic mass is 32.2. The molecule has 0 radical (unpaired) electrons. The van der Waals surface area contributed by atoms with Crippen molar-refractivity contribution in [3.8, 4) is 0 Å². The van der Waals surface area contributed by atoms with Crippen LogP contribution in [0.5, 0.6) is 0 Å². The largest absolute Gasteiger partial charge is 0.243 e.